The molecule has 6 rings (SSSR count). The van der Waals surface area contributed by atoms with E-state index in [9.17, 15) is 14.4 Å². The van der Waals surface area contributed by atoms with Gasteiger partial charge in [-0.25, -0.2) is 4.98 Å². The minimum Gasteiger partial charge on any atom is -0.355 e. The standard InChI is InChI=1S/C29H26N6O3S/c1-31-27(37)23-18-11-5-6-12-21(18)39-28(23)33-26(36)19-15-20-25(32-22-13-7-8-14-34(22)29(20)38)35(24(19)30)16-17-9-3-2-4-10-17/h2-4,7-10,13-15,30H,5-6,11-12,16H2,1H3,(H,31,37)(H,33,36). The van der Waals surface area contributed by atoms with Gasteiger partial charge < -0.3 is 15.2 Å². The Labute approximate surface area is 227 Å². The number of hydrogen-bond donors (Lipinski definition) is 3. The molecule has 3 N–H and O–H groups in total. The summed E-state index contributed by atoms with van der Waals surface area (Å²) in [6, 6.07) is 16.3. The lowest BCUT2D eigenvalue weighted by Gasteiger charge is -2.15. The molecule has 0 saturated heterocycles. The summed E-state index contributed by atoms with van der Waals surface area (Å²) in [5.41, 5.74) is 2.78. The third-order valence-corrected chi connectivity index (χ3v) is 8.31. The Morgan fingerprint density at radius 2 is 1.82 bits per heavy atom. The third-order valence-electron chi connectivity index (χ3n) is 7.10. The number of nitrogens with zero attached hydrogens (tertiary/aromatic N) is 3. The van der Waals surface area contributed by atoms with Crippen LogP contribution in [0.25, 0.3) is 16.7 Å². The Kier molecular flexibility index (Phi) is 6.32. The number of aromatic nitrogens is 3. The Morgan fingerprint density at radius 3 is 2.62 bits per heavy atom. The van der Waals surface area contributed by atoms with Crippen LogP contribution in [0.5, 0.6) is 0 Å². The number of anilines is 1. The molecule has 0 spiro atoms. The lowest BCUT2D eigenvalue weighted by Crippen LogP contribution is -2.32. The van der Waals surface area contributed by atoms with Crippen molar-refractivity contribution in [3.8, 4) is 0 Å². The van der Waals surface area contributed by atoms with E-state index in [0.717, 1.165) is 41.7 Å². The number of rotatable bonds is 5. The number of thiophene rings is 1. The molecule has 0 unspecified atom stereocenters. The molecule has 0 radical (unpaired) electrons. The molecule has 1 aliphatic carbocycles. The molecule has 39 heavy (non-hydrogen) atoms. The van der Waals surface area contributed by atoms with Crippen molar-refractivity contribution < 1.29 is 9.59 Å². The fourth-order valence-electron chi connectivity index (χ4n) is 5.17. The lowest BCUT2D eigenvalue weighted by atomic mass is 9.95. The average Bonchev–Trinajstić information content (AvgIpc) is 3.32. The van der Waals surface area contributed by atoms with Gasteiger partial charge in [-0.3, -0.25) is 24.2 Å². The number of fused-ring (bicyclic) bond motifs is 3. The van der Waals surface area contributed by atoms with Crippen molar-refractivity contribution in [2.75, 3.05) is 12.4 Å². The van der Waals surface area contributed by atoms with Gasteiger partial charge in [-0.05, 0) is 55.0 Å². The maximum Gasteiger partial charge on any atom is 0.267 e. The Balaban J connectivity index is 1.52. The van der Waals surface area contributed by atoms with Gasteiger partial charge >= 0.3 is 0 Å². The summed E-state index contributed by atoms with van der Waals surface area (Å²) in [7, 11) is 1.57. The van der Waals surface area contributed by atoms with Crippen molar-refractivity contribution in [2.45, 2.75) is 32.2 Å². The normalized spacial score (nSPS) is 12.8. The van der Waals surface area contributed by atoms with Crippen molar-refractivity contribution in [2.24, 2.45) is 0 Å². The molecule has 0 saturated carbocycles. The van der Waals surface area contributed by atoms with Crippen LogP contribution in [0.15, 0.2) is 65.6 Å². The molecule has 0 fully saturated rings. The van der Waals surface area contributed by atoms with Crippen LogP contribution in [0.3, 0.4) is 0 Å². The van der Waals surface area contributed by atoms with Crippen LogP contribution in [0.4, 0.5) is 5.00 Å². The van der Waals surface area contributed by atoms with E-state index in [0.29, 0.717) is 21.9 Å². The van der Waals surface area contributed by atoms with Gasteiger partial charge in [0.2, 0.25) is 0 Å². The zero-order valence-electron chi connectivity index (χ0n) is 21.3. The first kappa shape index (κ1) is 24.7. The van der Waals surface area contributed by atoms with E-state index < -0.39 is 5.91 Å². The highest BCUT2D eigenvalue weighted by molar-refractivity contribution is 7.17. The molecular weight excluding hydrogens is 512 g/mol. The first-order valence-corrected chi connectivity index (χ1v) is 13.6. The number of amides is 2. The van der Waals surface area contributed by atoms with Gasteiger partial charge in [0.05, 0.1) is 23.1 Å². The van der Waals surface area contributed by atoms with Crippen LogP contribution in [-0.2, 0) is 19.4 Å². The summed E-state index contributed by atoms with van der Waals surface area (Å²) in [5.74, 6) is -0.799. The number of pyridine rings is 2. The summed E-state index contributed by atoms with van der Waals surface area (Å²) in [4.78, 5) is 45.9. The molecule has 1 aliphatic rings. The van der Waals surface area contributed by atoms with E-state index in [1.165, 1.54) is 21.8 Å². The minimum atomic E-state index is -0.551. The highest BCUT2D eigenvalue weighted by atomic mass is 32.1. The van der Waals surface area contributed by atoms with Gasteiger partial charge in [0, 0.05) is 18.1 Å². The van der Waals surface area contributed by atoms with Crippen LogP contribution in [0.2, 0.25) is 0 Å². The number of hydrogen-bond acceptors (Lipinski definition) is 6. The first-order chi connectivity index (χ1) is 19.0. The smallest absolute Gasteiger partial charge is 0.267 e. The van der Waals surface area contributed by atoms with E-state index in [2.05, 4.69) is 10.6 Å². The summed E-state index contributed by atoms with van der Waals surface area (Å²) in [6.45, 7) is 0.254. The van der Waals surface area contributed by atoms with Gasteiger partial charge in [-0.1, -0.05) is 36.4 Å². The molecule has 4 aromatic heterocycles. The minimum absolute atomic E-state index is 0.0300. The zero-order chi connectivity index (χ0) is 27.1. The van der Waals surface area contributed by atoms with Crippen molar-refractivity contribution in [1.82, 2.24) is 19.3 Å². The molecule has 0 atom stereocenters. The molecular formula is C29H26N6O3S. The predicted molar refractivity (Wildman–Crippen MR) is 151 cm³/mol. The van der Waals surface area contributed by atoms with Gasteiger partial charge in [0.1, 0.15) is 21.8 Å². The molecule has 1 aromatic carbocycles. The molecule has 0 aliphatic heterocycles. The topological polar surface area (TPSA) is 121 Å². The van der Waals surface area contributed by atoms with Gasteiger partial charge in [0.15, 0.2) is 0 Å². The molecule has 196 valence electrons. The van der Waals surface area contributed by atoms with Crippen LogP contribution in [0.1, 0.15) is 49.6 Å². The van der Waals surface area contributed by atoms with E-state index in [-0.39, 0.29) is 34.4 Å². The Bertz CT molecular complexity index is 1890. The van der Waals surface area contributed by atoms with E-state index in [4.69, 9.17) is 10.4 Å². The highest BCUT2D eigenvalue weighted by Crippen LogP contribution is 2.38. The summed E-state index contributed by atoms with van der Waals surface area (Å²) >= 11 is 1.41. The number of benzene rings is 1. The fraction of sp³-hybridized carbons (Fsp3) is 0.207. The van der Waals surface area contributed by atoms with Crippen LogP contribution in [0, 0.1) is 5.41 Å². The molecule has 9 nitrogen and oxygen atoms in total. The summed E-state index contributed by atoms with van der Waals surface area (Å²) in [5, 5.41) is 15.3. The Morgan fingerprint density at radius 1 is 1.05 bits per heavy atom. The van der Waals surface area contributed by atoms with Gasteiger partial charge in [-0.2, -0.15) is 0 Å². The molecule has 2 amide bonds. The molecule has 0 bridgehead atoms. The fourth-order valence-corrected chi connectivity index (χ4v) is 6.45. The van der Waals surface area contributed by atoms with Crippen LogP contribution < -0.4 is 21.7 Å². The van der Waals surface area contributed by atoms with E-state index in [1.54, 1.807) is 36.0 Å². The van der Waals surface area contributed by atoms with Crippen molar-refractivity contribution in [3.05, 3.63) is 104 Å². The quantitative estimate of drug-likeness (QED) is 0.295. The highest BCUT2D eigenvalue weighted by Gasteiger charge is 2.27. The maximum atomic E-state index is 13.7. The molecule has 5 aromatic rings. The molecule has 10 heteroatoms. The zero-order valence-corrected chi connectivity index (χ0v) is 22.1. The lowest BCUT2D eigenvalue weighted by molar-refractivity contribution is 0.0963. The Hall–Kier alpha value is -4.57. The van der Waals surface area contributed by atoms with Crippen LogP contribution >= 0.6 is 11.3 Å². The second kappa shape index (κ2) is 9.95. The van der Waals surface area contributed by atoms with Gasteiger partial charge in [0.25, 0.3) is 17.4 Å². The third kappa shape index (κ3) is 4.32. The summed E-state index contributed by atoms with van der Waals surface area (Å²) in [6.07, 6.45) is 5.32. The number of aryl methyl sites for hydroxylation is 1. The summed E-state index contributed by atoms with van der Waals surface area (Å²) < 4.78 is 3.02. The van der Waals surface area contributed by atoms with Crippen molar-refractivity contribution >= 4 is 44.8 Å². The van der Waals surface area contributed by atoms with Crippen molar-refractivity contribution in [3.63, 3.8) is 0 Å². The van der Waals surface area contributed by atoms with E-state index >= 15 is 0 Å². The largest absolute Gasteiger partial charge is 0.355 e. The second-order valence-corrected chi connectivity index (χ2v) is 10.6. The first-order valence-electron chi connectivity index (χ1n) is 12.8. The van der Waals surface area contributed by atoms with Crippen molar-refractivity contribution in [1.29, 1.82) is 5.41 Å². The second-order valence-electron chi connectivity index (χ2n) is 9.51. The SMILES string of the molecule is CNC(=O)c1c(NC(=O)c2cc3c(=O)n4ccccc4nc3n(Cc3ccccc3)c2=N)sc2c1CCCC2. The average molecular weight is 539 g/mol. The van der Waals surface area contributed by atoms with Crippen LogP contribution in [-0.4, -0.2) is 32.8 Å². The van der Waals surface area contributed by atoms with E-state index in [1.807, 2.05) is 30.3 Å². The van der Waals surface area contributed by atoms with Gasteiger partial charge in [-0.15, -0.1) is 11.3 Å². The molecule has 4 heterocycles. The number of carbonyl (C=O) groups is 2. The predicted octanol–water partition coefficient (Wildman–Crippen LogP) is 3.73. The maximum absolute atomic E-state index is 13.7. The number of carbonyl (C=O) groups excluding carboxylic acids is 2. The number of nitrogens with one attached hydrogen (secondary N) is 3. The monoisotopic (exact) mass is 538 g/mol.